The molecule has 0 saturated heterocycles. The van der Waals surface area contributed by atoms with E-state index in [1.54, 1.807) is 0 Å². The Kier molecular flexibility index (Phi) is 2.61. The first-order chi connectivity index (χ1) is 7.88. The highest BCUT2D eigenvalue weighted by atomic mass is 35.6. The Morgan fingerprint density at radius 2 is 1.00 bits per heavy atom. The second-order valence-corrected chi connectivity index (χ2v) is 7.11. The van der Waals surface area contributed by atoms with E-state index in [9.17, 15) is 0 Å². The minimum atomic E-state index is -1.27. The molecule has 2 aromatic rings. The van der Waals surface area contributed by atoms with Gasteiger partial charge < -0.3 is 0 Å². The summed E-state index contributed by atoms with van der Waals surface area (Å²) in [5, 5.41) is 0. The van der Waals surface area contributed by atoms with Gasteiger partial charge in [0.25, 0.3) is 0 Å². The van der Waals surface area contributed by atoms with Gasteiger partial charge in [-0.15, -0.1) is 0 Å². The lowest BCUT2D eigenvalue weighted by Crippen LogP contribution is -1.84. The van der Waals surface area contributed by atoms with Gasteiger partial charge >= 0.3 is 13.2 Å². The SMILES string of the molecule is [Cl][Al]1[C](c2ccccc2)=[C]1c1ccccc1. The highest BCUT2D eigenvalue weighted by Crippen LogP contribution is 2.47. The topological polar surface area (TPSA) is 0 Å². The number of hydrogen-bond donors (Lipinski definition) is 0. The van der Waals surface area contributed by atoms with Crippen LogP contribution in [0.2, 0.25) is 0 Å². The summed E-state index contributed by atoms with van der Waals surface area (Å²) in [6, 6.07) is 21.0. The summed E-state index contributed by atoms with van der Waals surface area (Å²) in [5.74, 6) is 0. The van der Waals surface area contributed by atoms with E-state index in [0.29, 0.717) is 0 Å². The molecule has 0 aliphatic carbocycles. The fraction of sp³-hybridized carbons (Fsp3) is 0. The Balaban J connectivity index is 2.02. The minimum Gasteiger partial charge on any atom is -0.246 e. The van der Waals surface area contributed by atoms with Crippen molar-refractivity contribution in [3.8, 4) is 0 Å². The van der Waals surface area contributed by atoms with Crippen molar-refractivity contribution >= 4 is 32.1 Å². The molecule has 0 unspecified atom stereocenters. The van der Waals surface area contributed by atoms with E-state index in [4.69, 9.17) is 10.0 Å². The van der Waals surface area contributed by atoms with Crippen molar-refractivity contribution in [2.75, 3.05) is 0 Å². The van der Waals surface area contributed by atoms with Crippen LogP contribution in [0.4, 0.5) is 0 Å². The first kappa shape index (κ1) is 10.2. The molecular weight excluding hydrogens is 231 g/mol. The summed E-state index contributed by atoms with van der Waals surface area (Å²) in [6.07, 6.45) is 0. The zero-order chi connectivity index (χ0) is 11.0. The van der Waals surface area contributed by atoms with E-state index < -0.39 is 13.2 Å². The van der Waals surface area contributed by atoms with Crippen LogP contribution in [0.25, 0.3) is 8.87 Å². The molecule has 1 aliphatic heterocycles. The fourth-order valence-electron chi connectivity index (χ4n) is 2.03. The van der Waals surface area contributed by atoms with Crippen molar-refractivity contribution in [3.05, 3.63) is 71.8 Å². The quantitative estimate of drug-likeness (QED) is 0.698. The Hall–Kier alpha value is -0.998. The molecule has 0 spiro atoms. The van der Waals surface area contributed by atoms with E-state index in [1.807, 2.05) is 12.1 Å². The second kappa shape index (κ2) is 4.11. The summed E-state index contributed by atoms with van der Waals surface area (Å²) in [7, 11) is 6.45. The predicted molar refractivity (Wildman–Crippen MR) is 71.3 cm³/mol. The van der Waals surface area contributed by atoms with E-state index in [2.05, 4.69) is 48.5 Å². The van der Waals surface area contributed by atoms with Gasteiger partial charge in [0.1, 0.15) is 0 Å². The zero-order valence-corrected chi connectivity index (χ0v) is 10.6. The van der Waals surface area contributed by atoms with Gasteiger partial charge in [0.05, 0.1) is 0 Å². The molecule has 0 aromatic heterocycles. The molecule has 0 N–H and O–H groups in total. The van der Waals surface area contributed by atoms with Gasteiger partial charge in [-0.1, -0.05) is 69.5 Å². The van der Waals surface area contributed by atoms with Crippen molar-refractivity contribution in [3.63, 3.8) is 0 Å². The third-order valence-corrected chi connectivity index (χ3v) is 6.16. The standard InChI is InChI=1S/C14H10.Al.ClH/c1-3-7-13(8-4-1)11-12-14-9-5-2-6-10-14;;/h1-10H;;1H/q;+1;/p-1. The number of benzene rings is 2. The lowest BCUT2D eigenvalue weighted by molar-refractivity contribution is 1.65. The molecule has 0 radical (unpaired) electrons. The lowest BCUT2D eigenvalue weighted by atomic mass is 10.1. The molecule has 2 aromatic carbocycles. The van der Waals surface area contributed by atoms with Gasteiger partial charge in [-0.3, -0.25) is 0 Å². The molecule has 1 heterocycles. The average molecular weight is 241 g/mol. The highest BCUT2D eigenvalue weighted by molar-refractivity contribution is 7.38. The first-order valence-electron chi connectivity index (χ1n) is 5.37. The summed E-state index contributed by atoms with van der Waals surface area (Å²) in [4.78, 5) is 0. The normalized spacial score (nSPS) is 14.2. The molecule has 0 fully saturated rings. The number of halogens is 1. The van der Waals surface area contributed by atoms with Gasteiger partial charge in [-0.2, -0.15) is 0 Å². The van der Waals surface area contributed by atoms with Gasteiger partial charge in [0.15, 0.2) is 0 Å². The monoisotopic (exact) mass is 240 g/mol. The van der Waals surface area contributed by atoms with Crippen molar-refractivity contribution < 1.29 is 0 Å². The minimum absolute atomic E-state index is 1.27. The van der Waals surface area contributed by atoms with Crippen LogP contribution < -0.4 is 0 Å². The molecular formula is C14H10AlCl. The predicted octanol–water partition coefficient (Wildman–Crippen LogP) is 3.92. The maximum absolute atomic E-state index is 6.45. The van der Waals surface area contributed by atoms with Crippen LogP contribution in [0.15, 0.2) is 60.7 Å². The van der Waals surface area contributed by atoms with Gasteiger partial charge in [-0.25, -0.2) is 10.0 Å². The Morgan fingerprint density at radius 1 is 0.625 bits per heavy atom. The molecule has 0 bridgehead atoms. The van der Waals surface area contributed by atoms with Gasteiger partial charge in [-0.05, 0) is 11.1 Å². The summed E-state index contributed by atoms with van der Waals surface area (Å²) in [5.41, 5.74) is 2.60. The van der Waals surface area contributed by atoms with Crippen LogP contribution in [-0.2, 0) is 0 Å². The molecule has 76 valence electrons. The Bertz CT molecular complexity index is 482. The van der Waals surface area contributed by atoms with Crippen LogP contribution in [-0.4, -0.2) is 13.2 Å². The van der Waals surface area contributed by atoms with Gasteiger partial charge in [0, 0.05) is 0 Å². The average Bonchev–Trinajstić information content (AvgIpc) is 3.03. The van der Waals surface area contributed by atoms with E-state index in [0.717, 1.165) is 0 Å². The van der Waals surface area contributed by atoms with Crippen molar-refractivity contribution in [2.45, 2.75) is 0 Å². The second-order valence-electron chi connectivity index (χ2n) is 3.92. The highest BCUT2D eigenvalue weighted by Gasteiger charge is 2.43. The summed E-state index contributed by atoms with van der Waals surface area (Å²) in [6.45, 7) is 0. The van der Waals surface area contributed by atoms with Crippen molar-refractivity contribution in [1.82, 2.24) is 0 Å². The molecule has 0 atom stereocenters. The van der Waals surface area contributed by atoms with Crippen molar-refractivity contribution in [2.24, 2.45) is 0 Å². The van der Waals surface area contributed by atoms with Gasteiger partial charge in [0.2, 0.25) is 0 Å². The van der Waals surface area contributed by atoms with Crippen LogP contribution >= 0.6 is 10.0 Å². The van der Waals surface area contributed by atoms with Crippen LogP contribution in [0.1, 0.15) is 11.1 Å². The fourth-order valence-corrected chi connectivity index (χ4v) is 5.56. The van der Waals surface area contributed by atoms with Crippen molar-refractivity contribution in [1.29, 1.82) is 0 Å². The third kappa shape index (κ3) is 1.72. The summed E-state index contributed by atoms with van der Waals surface area (Å²) < 4.78 is 2.82. The molecule has 0 saturated carbocycles. The Labute approximate surface area is 104 Å². The largest absolute Gasteiger partial charge is 0.474 e. The molecule has 2 heteroatoms. The first-order valence-corrected chi connectivity index (χ1v) is 8.27. The maximum atomic E-state index is 6.45. The van der Waals surface area contributed by atoms with Crippen LogP contribution in [0.3, 0.4) is 0 Å². The molecule has 3 rings (SSSR count). The van der Waals surface area contributed by atoms with Crippen LogP contribution in [0.5, 0.6) is 0 Å². The van der Waals surface area contributed by atoms with E-state index >= 15 is 0 Å². The zero-order valence-electron chi connectivity index (χ0n) is 8.73. The smallest absolute Gasteiger partial charge is 0.246 e. The molecule has 0 amide bonds. The molecule has 16 heavy (non-hydrogen) atoms. The lowest BCUT2D eigenvalue weighted by Gasteiger charge is -1.94. The molecule has 1 aliphatic rings. The Morgan fingerprint density at radius 3 is 1.38 bits per heavy atom. The summed E-state index contributed by atoms with van der Waals surface area (Å²) >= 11 is -1.27. The van der Waals surface area contributed by atoms with Crippen LogP contribution in [0, 0.1) is 0 Å². The number of hydrogen-bond acceptors (Lipinski definition) is 0. The van der Waals surface area contributed by atoms with E-state index in [-0.39, 0.29) is 0 Å². The maximum Gasteiger partial charge on any atom is 0.474 e. The van der Waals surface area contributed by atoms with E-state index in [1.165, 1.54) is 20.0 Å². The number of rotatable bonds is 2. The molecule has 0 nitrogen and oxygen atoms in total. The third-order valence-electron chi connectivity index (χ3n) is 2.88.